The van der Waals surface area contributed by atoms with Crippen molar-refractivity contribution in [2.75, 3.05) is 7.05 Å². The van der Waals surface area contributed by atoms with E-state index >= 15 is 0 Å². The zero-order valence-electron chi connectivity index (χ0n) is 11.5. The highest BCUT2D eigenvalue weighted by Gasteiger charge is 2.27. The molecule has 1 aliphatic carbocycles. The van der Waals surface area contributed by atoms with Crippen LogP contribution in [0.5, 0.6) is 0 Å². The molecule has 19 heavy (non-hydrogen) atoms. The summed E-state index contributed by atoms with van der Waals surface area (Å²) in [6.45, 7) is 0. The largest absolute Gasteiger partial charge is 0.313 e. The van der Waals surface area contributed by atoms with Gasteiger partial charge in [0.1, 0.15) is 0 Å². The second-order valence-electron chi connectivity index (χ2n) is 5.45. The summed E-state index contributed by atoms with van der Waals surface area (Å²) in [5.41, 5.74) is 4.47. The van der Waals surface area contributed by atoms with Gasteiger partial charge in [-0.2, -0.15) is 0 Å². The lowest BCUT2D eigenvalue weighted by Gasteiger charge is -2.33. The second kappa shape index (κ2) is 5.58. The normalized spacial score (nSPS) is 21.9. The van der Waals surface area contributed by atoms with Crippen LogP contribution in [0.3, 0.4) is 0 Å². The SMILES string of the molecule is CNC1c2ccccc2CCC1Cc1ccccc1. The molecule has 1 nitrogen and oxygen atoms in total. The third kappa shape index (κ3) is 2.57. The van der Waals surface area contributed by atoms with Gasteiger partial charge in [-0.25, -0.2) is 0 Å². The Kier molecular flexibility index (Phi) is 3.65. The van der Waals surface area contributed by atoms with Gasteiger partial charge in [0.25, 0.3) is 0 Å². The van der Waals surface area contributed by atoms with Crippen LogP contribution in [0.1, 0.15) is 29.2 Å². The van der Waals surface area contributed by atoms with Gasteiger partial charge >= 0.3 is 0 Å². The second-order valence-corrected chi connectivity index (χ2v) is 5.45. The Morgan fingerprint density at radius 2 is 1.74 bits per heavy atom. The van der Waals surface area contributed by atoms with Crippen LogP contribution >= 0.6 is 0 Å². The van der Waals surface area contributed by atoms with E-state index < -0.39 is 0 Å². The summed E-state index contributed by atoms with van der Waals surface area (Å²) < 4.78 is 0. The highest BCUT2D eigenvalue weighted by atomic mass is 14.9. The van der Waals surface area contributed by atoms with Crippen LogP contribution in [0.2, 0.25) is 0 Å². The summed E-state index contributed by atoms with van der Waals surface area (Å²) in [4.78, 5) is 0. The van der Waals surface area contributed by atoms with Crippen LogP contribution < -0.4 is 5.32 Å². The van der Waals surface area contributed by atoms with Crippen LogP contribution in [0, 0.1) is 5.92 Å². The maximum absolute atomic E-state index is 3.53. The smallest absolute Gasteiger partial charge is 0.0352 e. The number of aryl methyl sites for hydroxylation is 1. The van der Waals surface area contributed by atoms with Crippen molar-refractivity contribution in [3.05, 3.63) is 71.3 Å². The first-order valence-corrected chi connectivity index (χ1v) is 7.17. The first kappa shape index (κ1) is 12.4. The highest BCUT2D eigenvalue weighted by molar-refractivity contribution is 5.33. The van der Waals surface area contributed by atoms with Gasteiger partial charge in [-0.1, -0.05) is 54.6 Å². The average Bonchev–Trinajstić information content (AvgIpc) is 2.48. The van der Waals surface area contributed by atoms with E-state index in [-0.39, 0.29) is 0 Å². The van der Waals surface area contributed by atoms with Crippen molar-refractivity contribution >= 4 is 0 Å². The Balaban J connectivity index is 1.84. The number of nitrogens with one attached hydrogen (secondary N) is 1. The Hall–Kier alpha value is -1.60. The maximum atomic E-state index is 3.53. The molecular formula is C18H21N. The van der Waals surface area contributed by atoms with Gasteiger partial charge in [0.05, 0.1) is 0 Å². The predicted molar refractivity (Wildman–Crippen MR) is 80.2 cm³/mol. The van der Waals surface area contributed by atoms with Gasteiger partial charge in [0.15, 0.2) is 0 Å². The van der Waals surface area contributed by atoms with Gasteiger partial charge < -0.3 is 5.32 Å². The van der Waals surface area contributed by atoms with E-state index in [0.717, 1.165) is 0 Å². The Morgan fingerprint density at radius 1 is 1.00 bits per heavy atom. The van der Waals surface area contributed by atoms with Gasteiger partial charge in [0.2, 0.25) is 0 Å². The molecule has 2 atom stereocenters. The molecule has 0 heterocycles. The number of hydrogen-bond donors (Lipinski definition) is 1. The standard InChI is InChI=1S/C18H21N/c1-19-18-16(13-14-7-3-2-4-8-14)12-11-15-9-5-6-10-17(15)18/h2-10,16,18-19H,11-13H2,1H3. The van der Waals surface area contributed by atoms with E-state index in [4.69, 9.17) is 0 Å². The Bertz CT molecular complexity index is 532. The lowest BCUT2D eigenvalue weighted by atomic mass is 9.77. The molecule has 0 spiro atoms. The van der Waals surface area contributed by atoms with Crippen molar-refractivity contribution in [3.63, 3.8) is 0 Å². The summed E-state index contributed by atoms with van der Waals surface area (Å²) in [6.07, 6.45) is 3.66. The molecule has 0 aliphatic heterocycles. The zero-order chi connectivity index (χ0) is 13.1. The molecule has 0 aromatic heterocycles. The predicted octanol–water partition coefficient (Wildman–Crippen LogP) is 3.75. The number of benzene rings is 2. The van der Waals surface area contributed by atoms with Gasteiger partial charge in [0, 0.05) is 6.04 Å². The van der Waals surface area contributed by atoms with Crippen LogP contribution in [0.25, 0.3) is 0 Å². The third-order valence-electron chi connectivity index (χ3n) is 4.30. The van der Waals surface area contributed by atoms with E-state index in [9.17, 15) is 0 Å². The van der Waals surface area contributed by atoms with Crippen molar-refractivity contribution in [2.45, 2.75) is 25.3 Å². The molecule has 1 heteroatoms. The molecule has 0 amide bonds. The maximum Gasteiger partial charge on any atom is 0.0352 e. The summed E-state index contributed by atoms with van der Waals surface area (Å²) in [5.74, 6) is 0.697. The van der Waals surface area contributed by atoms with E-state index in [2.05, 4.69) is 67.0 Å². The fourth-order valence-electron chi connectivity index (χ4n) is 3.35. The fraction of sp³-hybridized carbons (Fsp3) is 0.333. The molecule has 0 fully saturated rings. The molecule has 2 aromatic carbocycles. The van der Waals surface area contributed by atoms with Crippen LogP contribution in [0.4, 0.5) is 0 Å². The van der Waals surface area contributed by atoms with Crippen molar-refractivity contribution in [2.24, 2.45) is 5.92 Å². The van der Waals surface area contributed by atoms with Gasteiger partial charge in [-0.15, -0.1) is 0 Å². The number of fused-ring (bicyclic) bond motifs is 1. The van der Waals surface area contributed by atoms with Gasteiger partial charge in [-0.05, 0) is 48.9 Å². The lowest BCUT2D eigenvalue weighted by Crippen LogP contribution is -2.31. The third-order valence-corrected chi connectivity index (χ3v) is 4.30. The van der Waals surface area contributed by atoms with Crippen molar-refractivity contribution < 1.29 is 0 Å². The van der Waals surface area contributed by atoms with Crippen molar-refractivity contribution in [1.82, 2.24) is 5.32 Å². The molecule has 0 radical (unpaired) electrons. The summed E-state index contributed by atoms with van der Waals surface area (Å²) in [6, 6.07) is 20.2. The molecule has 0 saturated heterocycles. The average molecular weight is 251 g/mol. The van der Waals surface area contributed by atoms with E-state index in [1.54, 1.807) is 0 Å². The minimum atomic E-state index is 0.491. The quantitative estimate of drug-likeness (QED) is 0.876. The first-order valence-electron chi connectivity index (χ1n) is 7.17. The minimum Gasteiger partial charge on any atom is -0.313 e. The molecule has 2 unspecified atom stereocenters. The molecule has 0 bridgehead atoms. The molecule has 1 aliphatic rings. The summed E-state index contributed by atoms with van der Waals surface area (Å²) in [7, 11) is 2.09. The Morgan fingerprint density at radius 3 is 2.53 bits per heavy atom. The Labute approximate surface area is 115 Å². The van der Waals surface area contributed by atoms with Crippen LogP contribution in [-0.2, 0) is 12.8 Å². The van der Waals surface area contributed by atoms with E-state index in [1.807, 2.05) is 0 Å². The topological polar surface area (TPSA) is 12.0 Å². The van der Waals surface area contributed by atoms with Gasteiger partial charge in [-0.3, -0.25) is 0 Å². The number of hydrogen-bond acceptors (Lipinski definition) is 1. The first-order chi connectivity index (χ1) is 9.38. The van der Waals surface area contributed by atoms with Crippen LogP contribution in [-0.4, -0.2) is 7.05 Å². The molecule has 2 aromatic rings. The lowest BCUT2D eigenvalue weighted by molar-refractivity contribution is 0.335. The zero-order valence-corrected chi connectivity index (χ0v) is 11.5. The molecule has 0 saturated carbocycles. The van der Waals surface area contributed by atoms with E-state index in [1.165, 1.54) is 36.0 Å². The monoisotopic (exact) mass is 251 g/mol. The summed E-state index contributed by atoms with van der Waals surface area (Å²) in [5, 5.41) is 3.53. The summed E-state index contributed by atoms with van der Waals surface area (Å²) >= 11 is 0. The van der Waals surface area contributed by atoms with E-state index in [0.29, 0.717) is 12.0 Å². The molecule has 98 valence electrons. The van der Waals surface area contributed by atoms with Crippen molar-refractivity contribution in [1.29, 1.82) is 0 Å². The molecule has 1 N–H and O–H groups in total. The minimum absolute atomic E-state index is 0.491. The fourth-order valence-corrected chi connectivity index (χ4v) is 3.35. The molecule has 3 rings (SSSR count). The van der Waals surface area contributed by atoms with Crippen molar-refractivity contribution in [3.8, 4) is 0 Å². The highest BCUT2D eigenvalue weighted by Crippen LogP contribution is 2.35. The molecular weight excluding hydrogens is 230 g/mol. The van der Waals surface area contributed by atoms with Crippen LogP contribution in [0.15, 0.2) is 54.6 Å². The number of rotatable bonds is 3.